The molecule has 0 radical (unpaired) electrons. The fourth-order valence-electron chi connectivity index (χ4n) is 2.94. The SMILES string of the molecule is COCCN(CCC(=O)NCCc1ccccn1)c1nc(Cc2ccc(F)cc2)ns1. The lowest BCUT2D eigenvalue weighted by Crippen LogP contribution is -2.33. The number of amides is 1. The van der Waals surface area contributed by atoms with Crippen LogP contribution < -0.4 is 10.2 Å². The third-order valence-corrected chi connectivity index (χ3v) is 5.42. The van der Waals surface area contributed by atoms with Crippen molar-refractivity contribution < 1.29 is 13.9 Å². The number of methoxy groups -OCH3 is 1. The Kier molecular flexibility index (Phi) is 8.86. The molecule has 0 saturated carbocycles. The fraction of sp³-hybridized carbons (Fsp3) is 0.364. The topological polar surface area (TPSA) is 80.2 Å². The zero-order chi connectivity index (χ0) is 21.9. The third kappa shape index (κ3) is 7.69. The molecule has 1 amide bonds. The van der Waals surface area contributed by atoms with Crippen molar-refractivity contribution in [3.8, 4) is 0 Å². The smallest absolute Gasteiger partial charge is 0.221 e. The van der Waals surface area contributed by atoms with Gasteiger partial charge >= 0.3 is 0 Å². The van der Waals surface area contributed by atoms with Gasteiger partial charge in [0.2, 0.25) is 11.0 Å². The number of nitrogens with zero attached hydrogens (tertiary/aromatic N) is 4. The van der Waals surface area contributed by atoms with Crippen LogP contribution in [0, 0.1) is 5.82 Å². The molecule has 2 heterocycles. The van der Waals surface area contributed by atoms with E-state index in [1.807, 2.05) is 23.1 Å². The summed E-state index contributed by atoms with van der Waals surface area (Å²) in [4.78, 5) is 23.1. The van der Waals surface area contributed by atoms with Crippen molar-refractivity contribution in [1.29, 1.82) is 0 Å². The largest absolute Gasteiger partial charge is 0.383 e. The van der Waals surface area contributed by atoms with E-state index in [9.17, 15) is 9.18 Å². The lowest BCUT2D eigenvalue weighted by atomic mass is 10.1. The molecular formula is C22H26FN5O2S. The fourth-order valence-corrected chi connectivity index (χ4v) is 3.67. The van der Waals surface area contributed by atoms with E-state index in [4.69, 9.17) is 4.74 Å². The minimum absolute atomic E-state index is 0.0191. The van der Waals surface area contributed by atoms with Crippen LogP contribution in [0.15, 0.2) is 48.7 Å². The Labute approximate surface area is 185 Å². The van der Waals surface area contributed by atoms with Gasteiger partial charge in [0.15, 0.2) is 0 Å². The number of hydrogen-bond donors (Lipinski definition) is 1. The summed E-state index contributed by atoms with van der Waals surface area (Å²) in [6, 6.07) is 12.1. The second kappa shape index (κ2) is 12.1. The first-order valence-electron chi connectivity index (χ1n) is 10.1. The Hall–Kier alpha value is -2.91. The predicted octanol–water partition coefficient (Wildman–Crippen LogP) is 2.86. The molecule has 1 N–H and O–H groups in total. The third-order valence-electron chi connectivity index (χ3n) is 4.61. The monoisotopic (exact) mass is 443 g/mol. The van der Waals surface area contributed by atoms with Crippen LogP contribution in [0.4, 0.5) is 9.52 Å². The number of aromatic nitrogens is 3. The lowest BCUT2D eigenvalue weighted by molar-refractivity contribution is -0.120. The van der Waals surface area contributed by atoms with Gasteiger partial charge in [-0.3, -0.25) is 9.78 Å². The van der Waals surface area contributed by atoms with Gasteiger partial charge in [-0.25, -0.2) is 9.37 Å². The maximum Gasteiger partial charge on any atom is 0.221 e. The van der Waals surface area contributed by atoms with Crippen molar-refractivity contribution in [3.63, 3.8) is 0 Å². The number of ether oxygens (including phenoxy) is 1. The highest BCUT2D eigenvalue weighted by atomic mass is 32.1. The second-order valence-corrected chi connectivity index (χ2v) is 7.68. The van der Waals surface area contributed by atoms with Gasteiger partial charge in [-0.05, 0) is 29.8 Å². The zero-order valence-electron chi connectivity index (χ0n) is 17.5. The molecular weight excluding hydrogens is 417 g/mol. The van der Waals surface area contributed by atoms with Crippen molar-refractivity contribution >= 4 is 22.6 Å². The Bertz CT molecular complexity index is 937. The first-order valence-corrected chi connectivity index (χ1v) is 10.9. The number of rotatable bonds is 12. The van der Waals surface area contributed by atoms with Gasteiger partial charge in [-0.1, -0.05) is 18.2 Å². The van der Waals surface area contributed by atoms with Crippen LogP contribution in [0.3, 0.4) is 0 Å². The highest BCUT2D eigenvalue weighted by Crippen LogP contribution is 2.19. The molecule has 2 aromatic heterocycles. The average Bonchev–Trinajstić information content (AvgIpc) is 3.24. The summed E-state index contributed by atoms with van der Waals surface area (Å²) in [6.45, 7) is 2.20. The molecule has 0 spiro atoms. The summed E-state index contributed by atoms with van der Waals surface area (Å²) in [6.07, 6.45) is 3.32. The Morgan fingerprint density at radius 2 is 2.03 bits per heavy atom. The molecule has 9 heteroatoms. The second-order valence-electron chi connectivity index (χ2n) is 6.95. The van der Waals surface area contributed by atoms with E-state index in [0.717, 1.165) is 16.4 Å². The quantitative estimate of drug-likeness (QED) is 0.464. The minimum Gasteiger partial charge on any atom is -0.383 e. The Balaban J connectivity index is 1.50. The van der Waals surface area contributed by atoms with Crippen molar-refractivity contribution in [2.75, 3.05) is 38.3 Å². The number of carbonyl (C=O) groups excluding carboxylic acids is 1. The summed E-state index contributed by atoms with van der Waals surface area (Å²) in [5, 5.41) is 3.68. The van der Waals surface area contributed by atoms with E-state index < -0.39 is 0 Å². The van der Waals surface area contributed by atoms with Crippen LogP contribution in [0.5, 0.6) is 0 Å². The molecule has 0 aliphatic heterocycles. The number of hydrogen-bond acceptors (Lipinski definition) is 7. The van der Waals surface area contributed by atoms with Gasteiger partial charge in [-0.15, -0.1) is 0 Å². The van der Waals surface area contributed by atoms with Crippen LogP contribution >= 0.6 is 11.5 Å². The molecule has 7 nitrogen and oxygen atoms in total. The molecule has 0 fully saturated rings. The van der Waals surface area contributed by atoms with Gasteiger partial charge in [0.1, 0.15) is 11.6 Å². The number of nitrogens with one attached hydrogen (secondary N) is 1. The van der Waals surface area contributed by atoms with Crippen LogP contribution in [-0.2, 0) is 22.4 Å². The number of benzene rings is 1. The molecule has 0 saturated heterocycles. The Morgan fingerprint density at radius 1 is 1.19 bits per heavy atom. The first kappa shape index (κ1) is 22.8. The van der Waals surface area contributed by atoms with E-state index in [0.29, 0.717) is 51.3 Å². The lowest BCUT2D eigenvalue weighted by Gasteiger charge is -2.20. The Morgan fingerprint density at radius 3 is 2.77 bits per heavy atom. The van der Waals surface area contributed by atoms with Gasteiger partial charge in [0, 0.05) is 69.4 Å². The minimum atomic E-state index is -0.264. The molecule has 3 aromatic rings. The van der Waals surface area contributed by atoms with Gasteiger partial charge in [-0.2, -0.15) is 4.37 Å². The van der Waals surface area contributed by atoms with Gasteiger partial charge in [0.25, 0.3) is 0 Å². The van der Waals surface area contributed by atoms with Crippen molar-refractivity contribution in [2.24, 2.45) is 0 Å². The molecule has 0 aliphatic carbocycles. The van der Waals surface area contributed by atoms with Gasteiger partial charge < -0.3 is 15.0 Å². The summed E-state index contributed by atoms with van der Waals surface area (Å²) in [5.41, 5.74) is 1.90. The number of carbonyl (C=O) groups is 1. The summed E-state index contributed by atoms with van der Waals surface area (Å²) < 4.78 is 22.7. The summed E-state index contributed by atoms with van der Waals surface area (Å²) in [5.74, 6) is 0.392. The number of pyridine rings is 1. The molecule has 0 bridgehead atoms. The normalized spacial score (nSPS) is 10.8. The highest BCUT2D eigenvalue weighted by Gasteiger charge is 2.15. The summed E-state index contributed by atoms with van der Waals surface area (Å²) in [7, 11) is 1.64. The van der Waals surface area contributed by atoms with Gasteiger partial charge in [0.05, 0.1) is 6.61 Å². The first-order chi connectivity index (χ1) is 15.1. The summed E-state index contributed by atoms with van der Waals surface area (Å²) >= 11 is 1.29. The van der Waals surface area contributed by atoms with E-state index in [2.05, 4.69) is 19.7 Å². The van der Waals surface area contributed by atoms with Crippen molar-refractivity contribution in [1.82, 2.24) is 19.7 Å². The van der Waals surface area contributed by atoms with Crippen LogP contribution in [-0.4, -0.2) is 53.6 Å². The standard InChI is InChI=1S/C22H26FN5O2S/c1-30-15-14-28(13-10-21(29)25-12-9-19-4-2-3-11-24-19)22-26-20(27-31-22)16-17-5-7-18(23)8-6-17/h2-8,11H,9-10,12-16H2,1H3,(H,25,29). The van der Waals surface area contributed by atoms with Crippen molar-refractivity contribution in [3.05, 3.63) is 71.6 Å². The van der Waals surface area contributed by atoms with Crippen LogP contribution in [0.25, 0.3) is 0 Å². The molecule has 0 aliphatic rings. The molecule has 3 rings (SSSR count). The van der Waals surface area contributed by atoms with E-state index in [1.165, 1.54) is 23.7 Å². The molecule has 1 aromatic carbocycles. The van der Waals surface area contributed by atoms with Crippen molar-refractivity contribution in [2.45, 2.75) is 19.3 Å². The van der Waals surface area contributed by atoms with E-state index >= 15 is 0 Å². The average molecular weight is 444 g/mol. The van der Waals surface area contributed by atoms with Crippen LogP contribution in [0.1, 0.15) is 23.5 Å². The predicted molar refractivity (Wildman–Crippen MR) is 119 cm³/mol. The molecule has 0 unspecified atom stereocenters. The number of halogens is 1. The maximum absolute atomic E-state index is 13.1. The number of anilines is 1. The molecule has 31 heavy (non-hydrogen) atoms. The maximum atomic E-state index is 13.1. The van der Waals surface area contributed by atoms with E-state index in [-0.39, 0.29) is 11.7 Å². The highest BCUT2D eigenvalue weighted by molar-refractivity contribution is 7.09. The van der Waals surface area contributed by atoms with E-state index in [1.54, 1.807) is 25.4 Å². The van der Waals surface area contributed by atoms with Crippen LogP contribution in [0.2, 0.25) is 0 Å². The molecule has 0 atom stereocenters. The molecule has 164 valence electrons. The zero-order valence-corrected chi connectivity index (χ0v) is 18.3.